The molecule has 0 amide bonds. The number of nitrogens with zero attached hydrogens (tertiary/aromatic N) is 1. The fraction of sp³-hybridized carbons (Fsp3) is 0.591. The largest absolute Gasteiger partial charge is 0.496 e. The molecular weight excluding hydrogens is 356 g/mol. The molecule has 2 N–H and O–H groups in total. The molecule has 4 nitrogen and oxygen atoms in total. The first-order valence-corrected chi connectivity index (χ1v) is 10.8. The van der Waals surface area contributed by atoms with Crippen LogP contribution in [-0.4, -0.2) is 19.2 Å². The number of thiazole rings is 1. The molecule has 0 aliphatic heterocycles. The van der Waals surface area contributed by atoms with E-state index in [0.29, 0.717) is 11.0 Å². The van der Waals surface area contributed by atoms with Crippen LogP contribution in [0.25, 0.3) is 11.3 Å². The summed E-state index contributed by atoms with van der Waals surface area (Å²) >= 11 is 1.51. The summed E-state index contributed by atoms with van der Waals surface area (Å²) in [5.74, 6) is 4.37. The van der Waals surface area contributed by atoms with Gasteiger partial charge in [0, 0.05) is 4.88 Å². The van der Waals surface area contributed by atoms with E-state index < -0.39 is 0 Å². The van der Waals surface area contributed by atoms with E-state index in [0.717, 1.165) is 34.1 Å². The fourth-order valence-electron chi connectivity index (χ4n) is 3.96. The third-order valence-electron chi connectivity index (χ3n) is 5.69. The van der Waals surface area contributed by atoms with E-state index in [1.807, 2.05) is 0 Å². The normalized spacial score (nSPS) is 20.1. The van der Waals surface area contributed by atoms with Gasteiger partial charge in [0.15, 0.2) is 5.13 Å². The Morgan fingerprint density at radius 2 is 1.74 bits per heavy atom. The van der Waals surface area contributed by atoms with E-state index in [2.05, 4.69) is 37.9 Å². The quantitative estimate of drug-likeness (QED) is 0.692. The second kappa shape index (κ2) is 8.51. The van der Waals surface area contributed by atoms with Crippen LogP contribution in [0.15, 0.2) is 12.1 Å². The average molecular weight is 389 g/mol. The molecule has 2 aliphatic carbocycles. The third kappa shape index (κ3) is 4.40. The van der Waals surface area contributed by atoms with E-state index in [1.165, 1.54) is 35.2 Å². The van der Waals surface area contributed by atoms with Crippen LogP contribution < -0.4 is 15.2 Å². The zero-order valence-corrected chi connectivity index (χ0v) is 18.0. The molecule has 1 aromatic carbocycles. The Bertz CT molecular complexity index is 752. The van der Waals surface area contributed by atoms with Gasteiger partial charge in [-0.05, 0) is 48.3 Å². The Kier molecular flexibility index (Phi) is 6.30. The molecule has 1 heterocycles. The first-order chi connectivity index (χ1) is 13.0. The van der Waals surface area contributed by atoms with E-state index >= 15 is 0 Å². The highest BCUT2D eigenvalue weighted by Gasteiger charge is 2.40. The maximum atomic E-state index is 5.88. The number of ether oxygens (including phenoxy) is 2. The molecule has 2 aliphatic rings. The lowest BCUT2D eigenvalue weighted by atomic mass is 9.98. The Labute approximate surface area is 167 Å². The van der Waals surface area contributed by atoms with Gasteiger partial charge in [0.05, 0.1) is 25.5 Å². The molecule has 0 saturated heterocycles. The van der Waals surface area contributed by atoms with Gasteiger partial charge >= 0.3 is 0 Å². The van der Waals surface area contributed by atoms with Gasteiger partial charge in [-0.3, -0.25) is 0 Å². The van der Waals surface area contributed by atoms with Crippen LogP contribution >= 0.6 is 11.3 Å². The summed E-state index contributed by atoms with van der Waals surface area (Å²) in [7, 11) is 3.34. The Morgan fingerprint density at radius 3 is 2.11 bits per heavy atom. The maximum absolute atomic E-state index is 5.88. The van der Waals surface area contributed by atoms with Gasteiger partial charge in [0.25, 0.3) is 0 Å². The lowest BCUT2D eigenvalue weighted by Gasteiger charge is -2.16. The molecule has 0 spiro atoms. The summed E-state index contributed by atoms with van der Waals surface area (Å²) < 4.78 is 11.2. The summed E-state index contributed by atoms with van der Waals surface area (Å²) in [6.07, 6.45) is 7.12. The molecule has 2 fully saturated rings. The zero-order valence-electron chi connectivity index (χ0n) is 17.2. The zero-order chi connectivity index (χ0) is 19.6. The first-order valence-electron chi connectivity index (χ1n) is 9.99. The van der Waals surface area contributed by atoms with Crippen molar-refractivity contribution in [3.8, 4) is 22.8 Å². The van der Waals surface area contributed by atoms with Crippen molar-refractivity contribution in [1.82, 2.24) is 4.98 Å². The molecule has 2 atom stereocenters. The Hall–Kier alpha value is -1.75. The monoisotopic (exact) mass is 388 g/mol. The van der Waals surface area contributed by atoms with Gasteiger partial charge in [-0.15, -0.1) is 11.3 Å². The number of fused-ring (bicyclic) bond motifs is 1. The predicted octanol–water partition coefficient (Wildman–Crippen LogP) is 5.90. The van der Waals surface area contributed by atoms with Crippen LogP contribution in [0, 0.1) is 11.8 Å². The van der Waals surface area contributed by atoms with Crippen LogP contribution in [0.2, 0.25) is 0 Å². The van der Waals surface area contributed by atoms with Crippen LogP contribution in [0.3, 0.4) is 0 Å². The molecule has 2 saturated carbocycles. The minimum absolute atomic E-state index is 0.396. The Morgan fingerprint density at radius 1 is 1.15 bits per heavy atom. The van der Waals surface area contributed by atoms with Crippen molar-refractivity contribution in [2.75, 3.05) is 20.0 Å². The lowest BCUT2D eigenvalue weighted by Crippen LogP contribution is -1.99. The van der Waals surface area contributed by atoms with Gasteiger partial charge < -0.3 is 15.2 Å². The third-order valence-corrected chi connectivity index (χ3v) is 6.71. The number of benzene rings is 1. The van der Waals surface area contributed by atoms with E-state index in [-0.39, 0.29) is 0 Å². The molecule has 4 rings (SSSR count). The number of rotatable bonds is 5. The highest BCUT2D eigenvalue weighted by Crippen LogP contribution is 2.51. The Balaban J connectivity index is 0.000000290. The number of hydrogen-bond donors (Lipinski definition) is 1. The number of hydrogen-bond acceptors (Lipinski definition) is 5. The highest BCUT2D eigenvalue weighted by molar-refractivity contribution is 7.15. The molecule has 5 heteroatoms. The van der Waals surface area contributed by atoms with Crippen LogP contribution in [0.4, 0.5) is 5.13 Å². The summed E-state index contributed by atoms with van der Waals surface area (Å²) in [5.41, 5.74) is 8.80. The van der Waals surface area contributed by atoms with Crippen molar-refractivity contribution in [3.63, 3.8) is 0 Å². The number of methoxy groups -OCH3 is 2. The summed E-state index contributed by atoms with van der Waals surface area (Å²) in [6, 6.07) is 4.11. The molecule has 148 valence electrons. The van der Waals surface area contributed by atoms with Gasteiger partial charge in [-0.2, -0.15) is 0 Å². The van der Waals surface area contributed by atoms with Crippen LogP contribution in [0.1, 0.15) is 62.8 Å². The topological polar surface area (TPSA) is 57.4 Å². The molecule has 0 radical (unpaired) electrons. The fourth-order valence-corrected chi connectivity index (χ4v) is 4.74. The van der Waals surface area contributed by atoms with Gasteiger partial charge in [0.1, 0.15) is 11.5 Å². The van der Waals surface area contributed by atoms with Gasteiger partial charge in [-0.1, -0.05) is 40.0 Å². The number of aryl methyl sites for hydroxylation is 1. The van der Waals surface area contributed by atoms with Crippen molar-refractivity contribution < 1.29 is 9.47 Å². The molecular formula is C22H32N2O2S. The average Bonchev–Trinajstić information content (AvgIpc) is 3.09. The predicted molar refractivity (Wildman–Crippen MR) is 114 cm³/mol. The van der Waals surface area contributed by atoms with Crippen molar-refractivity contribution in [3.05, 3.63) is 22.6 Å². The minimum Gasteiger partial charge on any atom is -0.496 e. The van der Waals surface area contributed by atoms with E-state index in [1.54, 1.807) is 33.5 Å². The standard InChI is InChI=1S/C16H22N2O2S.C6H10/c1-6-13-15(18-16(17)21-13)14-11(19-4)7-10(9(2)3)8-12(14)20-5;1-2-5-4-6(5)3-1/h7-9H,6H2,1-5H3,(H2,17,18);5-6H,1-4H2. The smallest absolute Gasteiger partial charge is 0.180 e. The first kappa shape index (κ1) is 20.0. The van der Waals surface area contributed by atoms with Gasteiger partial charge in [-0.25, -0.2) is 4.98 Å². The van der Waals surface area contributed by atoms with Crippen molar-refractivity contribution >= 4 is 16.5 Å². The van der Waals surface area contributed by atoms with Crippen molar-refractivity contribution in [1.29, 1.82) is 0 Å². The number of nitrogens with two attached hydrogens (primary N) is 1. The molecule has 27 heavy (non-hydrogen) atoms. The minimum atomic E-state index is 0.396. The highest BCUT2D eigenvalue weighted by atomic mass is 32.1. The maximum Gasteiger partial charge on any atom is 0.180 e. The second-order valence-electron chi connectivity index (χ2n) is 7.82. The summed E-state index contributed by atoms with van der Waals surface area (Å²) in [6.45, 7) is 6.39. The van der Waals surface area contributed by atoms with Crippen LogP contribution in [0.5, 0.6) is 11.5 Å². The molecule has 2 aromatic rings. The van der Waals surface area contributed by atoms with Crippen molar-refractivity contribution in [2.45, 2.75) is 58.8 Å². The number of aromatic nitrogens is 1. The number of nitrogen functional groups attached to an aromatic ring is 1. The van der Waals surface area contributed by atoms with E-state index in [9.17, 15) is 0 Å². The molecule has 2 unspecified atom stereocenters. The van der Waals surface area contributed by atoms with Gasteiger partial charge in [0.2, 0.25) is 0 Å². The SMILES string of the molecule is C1CC2CC2C1.CCc1sc(N)nc1-c1c(OC)cc(C(C)C)cc1OC. The van der Waals surface area contributed by atoms with Crippen LogP contribution in [-0.2, 0) is 6.42 Å². The second-order valence-corrected chi connectivity index (χ2v) is 8.93. The summed E-state index contributed by atoms with van der Waals surface area (Å²) in [5, 5.41) is 0.568. The number of anilines is 1. The lowest BCUT2D eigenvalue weighted by molar-refractivity contribution is 0.396. The van der Waals surface area contributed by atoms with Crippen molar-refractivity contribution in [2.24, 2.45) is 11.8 Å². The van der Waals surface area contributed by atoms with E-state index in [4.69, 9.17) is 15.2 Å². The molecule has 0 bridgehead atoms. The summed E-state index contributed by atoms with van der Waals surface area (Å²) in [4.78, 5) is 5.62. The molecule has 1 aromatic heterocycles.